The zero-order valence-electron chi connectivity index (χ0n) is 20.0. The zero-order valence-corrected chi connectivity index (χ0v) is 20.0. The molecule has 0 aliphatic carbocycles. The van der Waals surface area contributed by atoms with Crippen molar-refractivity contribution in [2.45, 2.75) is 46.1 Å². The maximum atomic E-state index is 13.3. The third kappa shape index (κ3) is 4.58. The first-order valence-electron chi connectivity index (χ1n) is 12.0. The second-order valence-corrected chi connectivity index (χ2v) is 9.22. The van der Waals surface area contributed by atoms with Gasteiger partial charge >= 0.3 is 0 Å². The number of aromatic amines is 1. The third-order valence-corrected chi connectivity index (χ3v) is 6.15. The molecular formula is C28H32N2O4. The van der Waals surface area contributed by atoms with Crippen LogP contribution in [0.5, 0.6) is 5.75 Å². The van der Waals surface area contributed by atoms with Crippen LogP contribution < -0.4 is 4.74 Å². The van der Waals surface area contributed by atoms with E-state index >= 15 is 0 Å². The lowest BCUT2D eigenvalue weighted by molar-refractivity contribution is -0.139. The maximum Gasteiger partial charge on any atom is 0.295 e. The van der Waals surface area contributed by atoms with Gasteiger partial charge in [0.15, 0.2) is 0 Å². The van der Waals surface area contributed by atoms with Crippen molar-refractivity contribution in [3.8, 4) is 5.75 Å². The number of likely N-dealkylation sites (tertiary alicyclic amines) is 1. The van der Waals surface area contributed by atoms with Gasteiger partial charge in [-0.25, -0.2) is 0 Å². The molecule has 4 rings (SSSR count). The number of hydrogen-bond acceptors (Lipinski definition) is 4. The summed E-state index contributed by atoms with van der Waals surface area (Å²) >= 11 is 0. The lowest BCUT2D eigenvalue weighted by Gasteiger charge is -2.25. The second kappa shape index (κ2) is 10.2. The molecule has 0 spiro atoms. The Morgan fingerprint density at radius 3 is 2.68 bits per heavy atom. The van der Waals surface area contributed by atoms with Gasteiger partial charge in [-0.1, -0.05) is 63.9 Å². The summed E-state index contributed by atoms with van der Waals surface area (Å²) in [5.74, 6) is -0.439. The van der Waals surface area contributed by atoms with Crippen molar-refractivity contribution in [1.82, 2.24) is 9.88 Å². The minimum atomic E-state index is -0.659. The Kier molecular flexibility index (Phi) is 7.06. The number of aliphatic hydroxyl groups is 1. The molecule has 2 aromatic carbocycles. The molecule has 1 unspecified atom stereocenters. The van der Waals surface area contributed by atoms with Gasteiger partial charge in [0.1, 0.15) is 11.5 Å². The number of carbonyl (C=O) groups is 2. The van der Waals surface area contributed by atoms with Crippen LogP contribution >= 0.6 is 0 Å². The third-order valence-electron chi connectivity index (χ3n) is 6.15. The van der Waals surface area contributed by atoms with Gasteiger partial charge in [-0.2, -0.15) is 0 Å². The van der Waals surface area contributed by atoms with Crippen LogP contribution in [0.1, 0.15) is 57.2 Å². The molecule has 0 radical (unpaired) electrons. The minimum Gasteiger partial charge on any atom is -0.507 e. The fourth-order valence-corrected chi connectivity index (χ4v) is 4.44. The molecule has 1 saturated heterocycles. The van der Waals surface area contributed by atoms with Gasteiger partial charge in [-0.05, 0) is 30.5 Å². The number of unbranched alkanes of at least 4 members (excludes halogenated alkanes) is 2. The number of nitrogens with one attached hydrogen (secondary N) is 1. The van der Waals surface area contributed by atoms with E-state index in [9.17, 15) is 14.7 Å². The van der Waals surface area contributed by atoms with E-state index in [0.29, 0.717) is 30.4 Å². The quantitative estimate of drug-likeness (QED) is 0.183. The van der Waals surface area contributed by atoms with Crippen molar-refractivity contribution in [3.05, 3.63) is 71.4 Å². The number of H-pyrrole nitrogens is 1. The summed E-state index contributed by atoms with van der Waals surface area (Å²) in [6.07, 6.45) is 4.59. The predicted octanol–water partition coefficient (Wildman–Crippen LogP) is 5.81. The van der Waals surface area contributed by atoms with Crippen LogP contribution in [0, 0.1) is 5.92 Å². The van der Waals surface area contributed by atoms with Gasteiger partial charge in [0.05, 0.1) is 18.2 Å². The first kappa shape index (κ1) is 23.6. The van der Waals surface area contributed by atoms with Gasteiger partial charge in [0.25, 0.3) is 11.7 Å². The van der Waals surface area contributed by atoms with Crippen LogP contribution in [-0.4, -0.2) is 39.8 Å². The summed E-state index contributed by atoms with van der Waals surface area (Å²) in [4.78, 5) is 31.2. The molecule has 2 heterocycles. The van der Waals surface area contributed by atoms with E-state index in [1.807, 2.05) is 36.5 Å². The van der Waals surface area contributed by atoms with E-state index in [4.69, 9.17) is 4.74 Å². The van der Waals surface area contributed by atoms with Crippen LogP contribution in [0.25, 0.3) is 16.7 Å². The Labute approximate surface area is 200 Å². The number of fused-ring (bicyclic) bond motifs is 1. The monoisotopic (exact) mass is 460 g/mol. The fraction of sp³-hybridized carbons (Fsp3) is 0.357. The Morgan fingerprint density at radius 2 is 1.91 bits per heavy atom. The number of benzene rings is 2. The molecule has 1 aliphatic rings. The van der Waals surface area contributed by atoms with Gasteiger partial charge in [0, 0.05) is 34.8 Å². The van der Waals surface area contributed by atoms with E-state index in [1.54, 1.807) is 23.1 Å². The summed E-state index contributed by atoms with van der Waals surface area (Å²) < 4.78 is 5.81. The van der Waals surface area contributed by atoms with Crippen LogP contribution in [0.15, 0.2) is 60.3 Å². The first-order valence-corrected chi connectivity index (χ1v) is 12.0. The molecule has 1 fully saturated rings. The summed E-state index contributed by atoms with van der Waals surface area (Å²) in [6, 6.07) is 14.2. The van der Waals surface area contributed by atoms with Gasteiger partial charge < -0.3 is 19.7 Å². The average Bonchev–Trinajstić information content (AvgIpc) is 3.37. The molecule has 1 atom stereocenters. The van der Waals surface area contributed by atoms with E-state index in [2.05, 4.69) is 25.8 Å². The van der Waals surface area contributed by atoms with Crippen molar-refractivity contribution in [3.63, 3.8) is 0 Å². The number of ketones is 1. The van der Waals surface area contributed by atoms with Crippen LogP contribution in [0.3, 0.4) is 0 Å². The van der Waals surface area contributed by atoms with E-state index < -0.39 is 17.7 Å². The standard InChI is InChI=1S/C28H32N2O4/c1-4-5-8-14-30-25(22-16-29-23-13-7-6-12-21(22)23)24(27(32)28(30)33)26(31)19-10-9-11-20(15-19)34-17-18(2)3/h6-7,9-13,15-16,18,25,29,31H,4-5,8,14,17H2,1-3H3/b26-24+. The number of para-hydroxylation sites is 1. The highest BCUT2D eigenvalue weighted by atomic mass is 16.5. The van der Waals surface area contributed by atoms with Gasteiger partial charge in [-0.15, -0.1) is 0 Å². The molecule has 1 aromatic heterocycles. The zero-order chi connectivity index (χ0) is 24.2. The number of aliphatic hydroxyl groups excluding tert-OH is 1. The Bertz CT molecular complexity index is 1220. The van der Waals surface area contributed by atoms with E-state index in [-0.39, 0.29) is 11.3 Å². The molecule has 3 aromatic rings. The van der Waals surface area contributed by atoms with Crippen molar-refractivity contribution < 1.29 is 19.4 Å². The highest BCUT2D eigenvalue weighted by Gasteiger charge is 2.46. The maximum absolute atomic E-state index is 13.3. The van der Waals surface area contributed by atoms with Crippen LogP contribution in [-0.2, 0) is 9.59 Å². The lowest BCUT2D eigenvalue weighted by atomic mass is 9.94. The lowest BCUT2D eigenvalue weighted by Crippen LogP contribution is -2.30. The molecule has 2 N–H and O–H groups in total. The predicted molar refractivity (Wildman–Crippen MR) is 134 cm³/mol. The van der Waals surface area contributed by atoms with Crippen LogP contribution in [0.4, 0.5) is 0 Å². The molecule has 6 nitrogen and oxygen atoms in total. The molecule has 0 bridgehead atoms. The normalized spacial score (nSPS) is 17.8. The summed E-state index contributed by atoms with van der Waals surface area (Å²) in [7, 11) is 0. The highest BCUT2D eigenvalue weighted by molar-refractivity contribution is 6.46. The number of Topliss-reactive ketones (excluding diaryl/α,β-unsaturated/α-hetero) is 1. The van der Waals surface area contributed by atoms with Crippen molar-refractivity contribution >= 4 is 28.4 Å². The molecule has 0 saturated carbocycles. The smallest absolute Gasteiger partial charge is 0.295 e. The Balaban J connectivity index is 1.81. The topological polar surface area (TPSA) is 82.6 Å². The summed E-state index contributed by atoms with van der Waals surface area (Å²) in [6.45, 7) is 7.22. The highest BCUT2D eigenvalue weighted by Crippen LogP contribution is 2.42. The second-order valence-electron chi connectivity index (χ2n) is 9.22. The first-order chi connectivity index (χ1) is 16.4. The minimum absolute atomic E-state index is 0.118. The molecule has 6 heteroatoms. The molecule has 1 amide bonds. The SMILES string of the molecule is CCCCCN1C(=O)C(=O)/C(=C(/O)c2cccc(OCC(C)C)c2)C1c1c[nH]c2ccccc12. The Morgan fingerprint density at radius 1 is 1.12 bits per heavy atom. The number of ether oxygens (including phenoxy) is 1. The molecular weight excluding hydrogens is 428 g/mol. The number of amides is 1. The van der Waals surface area contributed by atoms with Gasteiger partial charge in [-0.3, -0.25) is 9.59 Å². The molecule has 34 heavy (non-hydrogen) atoms. The van der Waals surface area contributed by atoms with E-state index in [0.717, 1.165) is 35.7 Å². The molecule has 178 valence electrons. The van der Waals surface area contributed by atoms with Crippen molar-refractivity contribution in [2.24, 2.45) is 5.92 Å². The average molecular weight is 461 g/mol. The summed E-state index contributed by atoms with van der Waals surface area (Å²) in [5.41, 5.74) is 2.30. The van der Waals surface area contributed by atoms with E-state index in [1.165, 1.54) is 0 Å². The number of hydrogen-bond donors (Lipinski definition) is 2. The van der Waals surface area contributed by atoms with Crippen LogP contribution in [0.2, 0.25) is 0 Å². The van der Waals surface area contributed by atoms with Crippen molar-refractivity contribution in [2.75, 3.05) is 13.2 Å². The number of rotatable bonds is 9. The largest absolute Gasteiger partial charge is 0.507 e. The summed E-state index contributed by atoms with van der Waals surface area (Å²) in [5, 5.41) is 12.3. The molecule has 1 aliphatic heterocycles. The number of nitrogens with zero attached hydrogens (tertiary/aromatic N) is 1. The number of carbonyl (C=O) groups excluding carboxylic acids is 2. The van der Waals surface area contributed by atoms with Gasteiger partial charge in [0.2, 0.25) is 0 Å². The Hall–Kier alpha value is -3.54. The number of aromatic nitrogens is 1. The van der Waals surface area contributed by atoms with Crippen molar-refractivity contribution in [1.29, 1.82) is 0 Å². The fourth-order valence-electron chi connectivity index (χ4n) is 4.44.